The van der Waals surface area contributed by atoms with Gasteiger partial charge in [-0.2, -0.15) is 9.29 Å². The number of phosphoric ester groups is 1. The van der Waals surface area contributed by atoms with Gasteiger partial charge in [0.25, 0.3) is 0 Å². The number of aliphatic hydroxyl groups is 2. The van der Waals surface area contributed by atoms with Crippen LogP contribution in [0.4, 0.5) is 0 Å². The Bertz CT molecular complexity index is 985. The Morgan fingerprint density at radius 1 is 1.22 bits per heavy atom. The second kappa shape index (κ2) is 7.14. The van der Waals surface area contributed by atoms with Gasteiger partial charge in [0.1, 0.15) is 24.0 Å². The summed E-state index contributed by atoms with van der Waals surface area (Å²) in [5.74, 6) is 0. The normalized spacial score (nSPS) is 28.5. The van der Waals surface area contributed by atoms with Crippen LogP contribution in [0, 0.1) is 0 Å². The number of aromatic amines is 1. The number of hydrogen-bond donors (Lipinski definition) is 6. The minimum atomic E-state index is -5.30. The molecule has 6 N–H and O–H groups in total. The molecule has 3 heterocycles. The zero-order chi connectivity index (χ0) is 20.0. The lowest BCUT2D eigenvalue weighted by molar-refractivity contribution is -0.0503. The van der Waals surface area contributed by atoms with Crippen LogP contribution in [-0.2, 0) is 22.7 Å². The number of aromatic nitrogens is 4. The summed E-state index contributed by atoms with van der Waals surface area (Å²) < 4.78 is 36.7. The van der Waals surface area contributed by atoms with Crippen molar-refractivity contribution in [3.05, 3.63) is 23.0 Å². The van der Waals surface area contributed by atoms with Crippen molar-refractivity contribution >= 4 is 26.8 Å². The van der Waals surface area contributed by atoms with Crippen molar-refractivity contribution in [2.24, 2.45) is 0 Å². The molecule has 5 atom stereocenters. The first kappa shape index (κ1) is 20.2. The van der Waals surface area contributed by atoms with E-state index in [2.05, 4.69) is 23.8 Å². The molecule has 0 spiro atoms. The summed E-state index contributed by atoms with van der Waals surface area (Å²) >= 11 is 0. The van der Waals surface area contributed by atoms with Gasteiger partial charge in [-0.05, 0) is 0 Å². The van der Waals surface area contributed by atoms with E-state index in [-0.39, 0.29) is 11.2 Å². The molecule has 15 nitrogen and oxygen atoms in total. The summed E-state index contributed by atoms with van der Waals surface area (Å²) in [5, 5.41) is 20.2. The largest absolute Gasteiger partial charge is 0.481 e. The molecule has 0 bridgehead atoms. The van der Waals surface area contributed by atoms with Crippen LogP contribution in [0.25, 0.3) is 11.2 Å². The Morgan fingerprint density at radius 2 is 1.93 bits per heavy atom. The fraction of sp³-hybridized carbons (Fsp3) is 0.500. The highest BCUT2D eigenvalue weighted by Gasteiger charge is 2.45. The Kier molecular flexibility index (Phi) is 5.35. The van der Waals surface area contributed by atoms with E-state index >= 15 is 0 Å². The van der Waals surface area contributed by atoms with Gasteiger partial charge in [-0.3, -0.25) is 13.9 Å². The first-order valence-electron chi connectivity index (χ1n) is 7.14. The first-order valence-corrected chi connectivity index (χ1v) is 10.2. The number of imidazole rings is 1. The van der Waals surface area contributed by atoms with Crippen molar-refractivity contribution in [2.75, 3.05) is 6.61 Å². The van der Waals surface area contributed by atoms with E-state index in [9.17, 15) is 29.0 Å². The summed E-state index contributed by atoms with van der Waals surface area (Å²) in [6.45, 7) is -0.840. The van der Waals surface area contributed by atoms with Crippen molar-refractivity contribution in [3.63, 3.8) is 0 Å². The molecule has 27 heavy (non-hydrogen) atoms. The van der Waals surface area contributed by atoms with Crippen LogP contribution in [-0.4, -0.2) is 69.3 Å². The molecule has 0 aromatic carbocycles. The van der Waals surface area contributed by atoms with Crippen LogP contribution in [0.1, 0.15) is 6.23 Å². The van der Waals surface area contributed by atoms with E-state index in [0.29, 0.717) is 0 Å². The van der Waals surface area contributed by atoms with Gasteiger partial charge in [0.2, 0.25) is 0 Å². The first-order chi connectivity index (χ1) is 12.5. The fourth-order valence-corrected chi connectivity index (χ4v) is 4.09. The average Bonchev–Trinajstić information content (AvgIpc) is 3.07. The van der Waals surface area contributed by atoms with Crippen LogP contribution in [0.2, 0.25) is 0 Å². The van der Waals surface area contributed by atoms with Gasteiger partial charge in [0.05, 0.1) is 19.3 Å². The predicted octanol–water partition coefficient (Wildman–Crippen LogP) is -2.03. The van der Waals surface area contributed by atoms with Crippen LogP contribution in [0.15, 0.2) is 17.4 Å². The monoisotopic (exact) mass is 428 g/mol. The molecule has 2 aromatic rings. The summed E-state index contributed by atoms with van der Waals surface area (Å²) in [5.41, 5.74) is -0.533. The van der Waals surface area contributed by atoms with Crippen LogP contribution < -0.4 is 5.56 Å². The minimum Gasteiger partial charge on any atom is -0.387 e. The van der Waals surface area contributed by atoms with Crippen LogP contribution >= 0.6 is 15.6 Å². The zero-order valence-electron chi connectivity index (χ0n) is 13.1. The molecule has 17 heteroatoms. The van der Waals surface area contributed by atoms with E-state index in [1.807, 2.05) is 0 Å². The van der Waals surface area contributed by atoms with Gasteiger partial charge in [-0.25, -0.2) is 14.1 Å². The van der Waals surface area contributed by atoms with Crippen molar-refractivity contribution in [1.82, 2.24) is 19.5 Å². The molecule has 1 fully saturated rings. The third-order valence-corrected chi connectivity index (χ3v) is 5.75. The van der Waals surface area contributed by atoms with Gasteiger partial charge in [0, 0.05) is 0 Å². The molecular weight excluding hydrogens is 414 g/mol. The Morgan fingerprint density at radius 3 is 2.59 bits per heavy atom. The number of ether oxygens (including phenoxy) is 1. The van der Waals surface area contributed by atoms with E-state index < -0.39 is 52.4 Å². The smallest absolute Gasteiger partial charge is 0.387 e. The second-order valence-electron chi connectivity index (χ2n) is 5.44. The minimum absolute atomic E-state index is 0.0441. The molecule has 0 aliphatic carbocycles. The van der Waals surface area contributed by atoms with E-state index in [1.165, 1.54) is 4.57 Å². The molecule has 2 aromatic heterocycles. The van der Waals surface area contributed by atoms with Crippen LogP contribution in [0.5, 0.6) is 0 Å². The molecular formula is C10H14N4O11P2. The van der Waals surface area contributed by atoms with E-state index in [0.717, 1.165) is 12.7 Å². The van der Waals surface area contributed by atoms with Gasteiger partial charge < -0.3 is 34.6 Å². The predicted molar refractivity (Wildman–Crippen MR) is 83.0 cm³/mol. The van der Waals surface area contributed by atoms with Crippen LogP contribution in [0.3, 0.4) is 0 Å². The lowest BCUT2D eigenvalue weighted by Crippen LogP contribution is -2.33. The van der Waals surface area contributed by atoms with Crippen molar-refractivity contribution < 1.29 is 47.6 Å². The third kappa shape index (κ3) is 4.33. The third-order valence-electron chi connectivity index (χ3n) is 3.60. The standard InChI is InChI=1S/C10H14N4O11P2/c15-6-4(1-23-27(21,22)25-26(18,19)20)24-10(7(6)16)14-3-13-5-8(14)11-2-12-9(5)17/h2-4,6-7,10,15-16H,1H2,(H,21,22)(H,11,12,17)(H2,18,19,20)/t4-,6+,7-,10-/m1/s1. The molecule has 0 saturated carbocycles. The van der Waals surface area contributed by atoms with Crippen molar-refractivity contribution in [1.29, 1.82) is 0 Å². The number of hydrogen-bond acceptors (Lipinski definition) is 10. The van der Waals surface area contributed by atoms with Gasteiger partial charge in [0.15, 0.2) is 11.7 Å². The van der Waals surface area contributed by atoms with E-state index in [4.69, 9.17) is 14.5 Å². The Balaban J connectivity index is 1.76. The van der Waals surface area contributed by atoms with Crippen molar-refractivity contribution in [2.45, 2.75) is 24.5 Å². The van der Waals surface area contributed by atoms with E-state index in [1.54, 1.807) is 0 Å². The molecule has 150 valence electrons. The number of nitrogens with zero attached hydrogens (tertiary/aromatic N) is 3. The zero-order valence-corrected chi connectivity index (χ0v) is 14.9. The molecule has 0 amide bonds. The topological polar surface area (TPSA) is 227 Å². The maximum atomic E-state index is 11.6. The fourth-order valence-electron chi connectivity index (χ4n) is 2.49. The Labute approximate surface area is 149 Å². The lowest BCUT2D eigenvalue weighted by atomic mass is 10.1. The number of rotatable bonds is 6. The number of fused-ring (bicyclic) bond motifs is 1. The molecule has 1 aliphatic rings. The second-order valence-corrected chi connectivity index (χ2v) is 8.27. The van der Waals surface area contributed by atoms with Gasteiger partial charge in [-0.15, -0.1) is 0 Å². The SMILES string of the molecule is O=c1nc[nH]c2c1ncn2[C@@H]1O[C@H](COP(=O)(O)OP(=O)(O)O)[C@H](O)[C@H]1O. The Hall–Kier alpha value is -1.51. The highest BCUT2D eigenvalue weighted by atomic mass is 31.3. The maximum absolute atomic E-state index is 11.6. The highest BCUT2D eigenvalue weighted by Crippen LogP contribution is 2.57. The highest BCUT2D eigenvalue weighted by molar-refractivity contribution is 7.60. The molecule has 0 radical (unpaired) electrons. The summed E-state index contributed by atoms with van der Waals surface area (Å²) in [4.78, 5) is 47.9. The summed E-state index contributed by atoms with van der Waals surface area (Å²) in [7, 11) is -10.5. The average molecular weight is 428 g/mol. The number of H-pyrrole nitrogens is 1. The number of phosphoric acid groups is 2. The quantitative estimate of drug-likeness (QED) is 0.273. The molecule has 1 saturated heterocycles. The molecule has 1 aliphatic heterocycles. The molecule has 1 unspecified atom stereocenters. The number of nitrogens with one attached hydrogen (secondary N) is 1. The lowest BCUT2D eigenvalue weighted by Gasteiger charge is -2.17. The van der Waals surface area contributed by atoms with Gasteiger partial charge >= 0.3 is 21.2 Å². The van der Waals surface area contributed by atoms with Gasteiger partial charge in [-0.1, -0.05) is 0 Å². The summed E-state index contributed by atoms with van der Waals surface area (Å²) in [6.07, 6.45) is -3.51. The molecule has 3 rings (SSSR count). The number of aliphatic hydroxyl groups excluding tert-OH is 2. The maximum Gasteiger partial charge on any atom is 0.481 e. The summed E-state index contributed by atoms with van der Waals surface area (Å²) in [6, 6.07) is 0. The van der Waals surface area contributed by atoms with Crippen molar-refractivity contribution in [3.8, 4) is 0 Å².